The van der Waals surface area contributed by atoms with Crippen molar-refractivity contribution in [1.29, 1.82) is 0 Å². The SMILES string of the molecule is CCCCCCCCCCCCCCC(C(=O)O)[n+]1cccc(C)c1C. The van der Waals surface area contributed by atoms with Crippen LogP contribution < -0.4 is 4.57 Å². The first-order valence-electron chi connectivity index (χ1n) is 10.8. The summed E-state index contributed by atoms with van der Waals surface area (Å²) in [7, 11) is 0. The van der Waals surface area contributed by atoms with E-state index in [0.29, 0.717) is 0 Å². The third kappa shape index (κ3) is 8.82. The predicted molar refractivity (Wildman–Crippen MR) is 108 cm³/mol. The molecule has 1 N–H and O–H groups in total. The van der Waals surface area contributed by atoms with Crippen LogP contribution in [0.2, 0.25) is 0 Å². The van der Waals surface area contributed by atoms with E-state index in [1.54, 1.807) is 0 Å². The van der Waals surface area contributed by atoms with Crippen LogP contribution in [0.15, 0.2) is 18.3 Å². The molecule has 1 unspecified atom stereocenters. The Morgan fingerprint density at radius 1 is 0.923 bits per heavy atom. The summed E-state index contributed by atoms with van der Waals surface area (Å²) < 4.78 is 1.93. The molecule has 0 spiro atoms. The molecule has 1 rings (SSSR count). The van der Waals surface area contributed by atoms with Crippen molar-refractivity contribution in [1.82, 2.24) is 0 Å². The van der Waals surface area contributed by atoms with Gasteiger partial charge in [-0.2, -0.15) is 4.57 Å². The fraction of sp³-hybridized carbons (Fsp3) is 0.739. The second kappa shape index (κ2) is 13.8. The Morgan fingerprint density at radius 2 is 1.42 bits per heavy atom. The molecule has 1 heterocycles. The van der Waals surface area contributed by atoms with Crippen molar-refractivity contribution >= 4 is 5.97 Å². The average molecular weight is 363 g/mol. The van der Waals surface area contributed by atoms with Gasteiger partial charge in [0.2, 0.25) is 0 Å². The number of aromatic nitrogens is 1. The molecule has 0 aliphatic heterocycles. The van der Waals surface area contributed by atoms with Crippen LogP contribution in [0.4, 0.5) is 0 Å². The zero-order valence-corrected chi connectivity index (χ0v) is 17.3. The Balaban J connectivity index is 2.15. The molecular formula is C23H40NO2+. The lowest BCUT2D eigenvalue weighted by Crippen LogP contribution is -2.46. The maximum atomic E-state index is 11.7. The monoisotopic (exact) mass is 362 g/mol. The van der Waals surface area contributed by atoms with Crippen LogP contribution in [0.3, 0.4) is 0 Å². The number of carboxylic acid groups (broad SMARTS) is 1. The van der Waals surface area contributed by atoms with Crippen molar-refractivity contribution in [3.8, 4) is 0 Å². The fourth-order valence-electron chi connectivity index (χ4n) is 3.61. The summed E-state index contributed by atoms with van der Waals surface area (Å²) in [5.41, 5.74) is 2.20. The molecule has 3 heteroatoms. The molecule has 0 aliphatic rings. The minimum absolute atomic E-state index is 0.432. The van der Waals surface area contributed by atoms with E-state index in [9.17, 15) is 9.90 Å². The highest BCUT2D eigenvalue weighted by Gasteiger charge is 2.28. The summed E-state index contributed by atoms with van der Waals surface area (Å²) in [5, 5.41) is 9.60. The summed E-state index contributed by atoms with van der Waals surface area (Å²) in [6, 6.07) is 3.55. The highest BCUT2D eigenvalue weighted by molar-refractivity contribution is 5.69. The molecule has 0 bridgehead atoms. The molecule has 1 aromatic heterocycles. The first-order valence-corrected chi connectivity index (χ1v) is 10.8. The summed E-state index contributed by atoms with van der Waals surface area (Å²) in [5.74, 6) is -0.716. The van der Waals surface area contributed by atoms with E-state index in [2.05, 4.69) is 6.92 Å². The van der Waals surface area contributed by atoms with Crippen LogP contribution in [0.5, 0.6) is 0 Å². The lowest BCUT2D eigenvalue weighted by molar-refractivity contribution is -0.717. The lowest BCUT2D eigenvalue weighted by atomic mass is 10.0. The van der Waals surface area contributed by atoms with E-state index >= 15 is 0 Å². The van der Waals surface area contributed by atoms with Crippen molar-refractivity contribution in [2.45, 2.75) is 110 Å². The normalized spacial score (nSPS) is 12.3. The van der Waals surface area contributed by atoms with E-state index in [1.807, 2.05) is 36.7 Å². The number of nitrogens with zero attached hydrogens (tertiary/aromatic N) is 1. The maximum Gasteiger partial charge on any atom is 0.373 e. The second-order valence-electron chi connectivity index (χ2n) is 7.72. The molecule has 0 radical (unpaired) electrons. The Labute approximate surface area is 160 Å². The zero-order valence-electron chi connectivity index (χ0n) is 17.3. The summed E-state index contributed by atoms with van der Waals surface area (Å²) in [6.07, 6.45) is 18.3. The van der Waals surface area contributed by atoms with Gasteiger partial charge in [-0.15, -0.1) is 0 Å². The van der Waals surface area contributed by atoms with Crippen LogP contribution in [-0.4, -0.2) is 11.1 Å². The van der Waals surface area contributed by atoms with Crippen LogP contribution >= 0.6 is 0 Å². The molecular weight excluding hydrogens is 322 g/mol. The number of hydrogen-bond acceptors (Lipinski definition) is 1. The van der Waals surface area contributed by atoms with Crippen LogP contribution in [-0.2, 0) is 4.79 Å². The van der Waals surface area contributed by atoms with Gasteiger partial charge in [0.05, 0.1) is 0 Å². The Morgan fingerprint density at radius 3 is 1.92 bits per heavy atom. The fourth-order valence-corrected chi connectivity index (χ4v) is 3.61. The maximum absolute atomic E-state index is 11.7. The number of hydrogen-bond donors (Lipinski definition) is 1. The van der Waals surface area contributed by atoms with E-state index in [-0.39, 0.29) is 0 Å². The van der Waals surface area contributed by atoms with Gasteiger partial charge in [-0.05, 0) is 19.4 Å². The predicted octanol–water partition coefficient (Wildman–Crippen LogP) is 6.31. The summed E-state index contributed by atoms with van der Waals surface area (Å²) >= 11 is 0. The molecule has 0 saturated carbocycles. The van der Waals surface area contributed by atoms with Crippen LogP contribution in [0.1, 0.15) is 108 Å². The van der Waals surface area contributed by atoms with Gasteiger partial charge in [0, 0.05) is 25.0 Å². The average Bonchev–Trinajstić information content (AvgIpc) is 2.62. The molecule has 26 heavy (non-hydrogen) atoms. The van der Waals surface area contributed by atoms with Crippen molar-refractivity contribution in [3.05, 3.63) is 29.6 Å². The van der Waals surface area contributed by atoms with Crippen molar-refractivity contribution in [2.75, 3.05) is 0 Å². The smallest absolute Gasteiger partial charge is 0.373 e. The number of aryl methyl sites for hydroxylation is 1. The molecule has 1 atom stereocenters. The Bertz CT molecular complexity index is 513. The summed E-state index contributed by atoms with van der Waals surface area (Å²) in [4.78, 5) is 11.7. The van der Waals surface area contributed by atoms with Gasteiger partial charge in [-0.3, -0.25) is 0 Å². The Hall–Kier alpha value is -1.38. The van der Waals surface area contributed by atoms with Gasteiger partial charge in [-0.1, -0.05) is 77.6 Å². The van der Waals surface area contributed by atoms with Crippen molar-refractivity contribution in [3.63, 3.8) is 0 Å². The number of carbonyl (C=O) groups is 1. The standard InChI is InChI=1S/C23H39NO2/c1-4-5-6-7-8-9-10-11-12-13-14-15-18-22(23(25)26)24-19-16-17-20(2)21(24)3/h16-17,19,22H,4-15,18H2,1-3H3/p+1. The van der Waals surface area contributed by atoms with E-state index in [1.165, 1.54) is 64.2 Å². The highest BCUT2D eigenvalue weighted by Crippen LogP contribution is 2.16. The van der Waals surface area contributed by atoms with Crippen molar-refractivity contribution in [2.24, 2.45) is 0 Å². The minimum atomic E-state index is -0.716. The van der Waals surface area contributed by atoms with Gasteiger partial charge >= 0.3 is 5.97 Å². The number of pyridine rings is 1. The van der Waals surface area contributed by atoms with Gasteiger partial charge in [-0.25, -0.2) is 4.79 Å². The molecule has 0 fully saturated rings. The molecule has 0 aliphatic carbocycles. The largest absolute Gasteiger partial charge is 0.476 e. The number of carboxylic acids is 1. The third-order valence-electron chi connectivity index (χ3n) is 5.50. The molecule has 0 aromatic carbocycles. The molecule has 3 nitrogen and oxygen atoms in total. The highest BCUT2D eigenvalue weighted by atomic mass is 16.4. The molecule has 0 amide bonds. The van der Waals surface area contributed by atoms with E-state index in [0.717, 1.165) is 30.5 Å². The number of aliphatic carboxylic acids is 1. The lowest BCUT2D eigenvalue weighted by Gasteiger charge is -2.11. The van der Waals surface area contributed by atoms with Gasteiger partial charge in [0.25, 0.3) is 6.04 Å². The number of rotatable bonds is 15. The van der Waals surface area contributed by atoms with Gasteiger partial charge in [0.1, 0.15) is 0 Å². The summed E-state index contributed by atoms with van der Waals surface area (Å²) in [6.45, 7) is 6.31. The van der Waals surface area contributed by atoms with Gasteiger partial charge < -0.3 is 5.11 Å². The first kappa shape index (κ1) is 22.7. The second-order valence-corrected chi connectivity index (χ2v) is 7.72. The topological polar surface area (TPSA) is 41.2 Å². The first-order chi connectivity index (χ1) is 12.6. The minimum Gasteiger partial charge on any atom is -0.476 e. The van der Waals surface area contributed by atoms with E-state index in [4.69, 9.17) is 0 Å². The molecule has 0 saturated heterocycles. The Kier molecular flexibility index (Phi) is 12.0. The van der Waals surface area contributed by atoms with Crippen molar-refractivity contribution < 1.29 is 14.5 Å². The number of unbranched alkanes of at least 4 members (excludes halogenated alkanes) is 11. The quantitative estimate of drug-likeness (QED) is 0.293. The molecule has 1 aromatic rings. The molecule has 148 valence electrons. The van der Waals surface area contributed by atoms with E-state index < -0.39 is 12.0 Å². The third-order valence-corrected chi connectivity index (χ3v) is 5.50. The van der Waals surface area contributed by atoms with Crippen LogP contribution in [0.25, 0.3) is 0 Å². The van der Waals surface area contributed by atoms with Crippen LogP contribution in [0, 0.1) is 13.8 Å². The van der Waals surface area contributed by atoms with Gasteiger partial charge in [0.15, 0.2) is 11.9 Å². The zero-order chi connectivity index (χ0) is 19.2.